The number of carbonyl (C=O) groups excluding carboxylic acids is 1. The fourth-order valence-electron chi connectivity index (χ4n) is 2.81. The number of ether oxygens (including phenoxy) is 3. The zero-order valence-electron chi connectivity index (χ0n) is 18.2. The first-order valence-electron chi connectivity index (χ1n) is 9.98. The van der Waals surface area contributed by atoms with Gasteiger partial charge in [0.2, 0.25) is 0 Å². The average Bonchev–Trinajstić information content (AvgIpc) is 2.84. The molecule has 0 atom stereocenters. The van der Waals surface area contributed by atoms with Gasteiger partial charge < -0.3 is 24.8 Å². The molecule has 33 heavy (non-hydrogen) atoms. The predicted octanol–water partition coefficient (Wildman–Crippen LogP) is 4.04. The molecule has 0 aromatic heterocycles. The number of nitrogens with zero attached hydrogens (tertiary/aromatic N) is 1. The molecular weight excluding hydrogens is 440 g/mol. The van der Waals surface area contributed by atoms with Crippen molar-refractivity contribution in [2.24, 2.45) is 5.10 Å². The van der Waals surface area contributed by atoms with Crippen molar-refractivity contribution >= 4 is 40.8 Å². The maximum Gasteiger partial charge on any atom is 0.262 e. The predicted molar refractivity (Wildman–Crippen MR) is 134 cm³/mol. The van der Waals surface area contributed by atoms with Gasteiger partial charge in [0.1, 0.15) is 5.75 Å². The Morgan fingerprint density at radius 2 is 1.64 bits per heavy atom. The van der Waals surface area contributed by atoms with Gasteiger partial charge in [0.05, 0.1) is 26.1 Å². The number of amides is 1. The van der Waals surface area contributed by atoms with E-state index < -0.39 is 0 Å². The molecule has 0 aliphatic carbocycles. The Bertz CT molecular complexity index is 1120. The van der Waals surface area contributed by atoms with E-state index in [1.165, 1.54) is 7.11 Å². The normalized spacial score (nSPS) is 10.4. The lowest BCUT2D eigenvalue weighted by atomic mass is 10.2. The number of anilines is 2. The summed E-state index contributed by atoms with van der Waals surface area (Å²) in [5.74, 6) is 1.14. The molecule has 0 heterocycles. The Kier molecular flexibility index (Phi) is 8.61. The molecule has 8 nitrogen and oxygen atoms in total. The molecule has 3 aromatic rings. The van der Waals surface area contributed by atoms with Crippen LogP contribution in [0.1, 0.15) is 5.56 Å². The highest BCUT2D eigenvalue weighted by Gasteiger charge is 2.10. The van der Waals surface area contributed by atoms with Gasteiger partial charge in [0, 0.05) is 5.69 Å². The molecule has 0 unspecified atom stereocenters. The topological polar surface area (TPSA) is 93.2 Å². The second-order valence-corrected chi connectivity index (χ2v) is 7.05. The lowest BCUT2D eigenvalue weighted by molar-refractivity contribution is -0.118. The van der Waals surface area contributed by atoms with Gasteiger partial charge in [-0.3, -0.25) is 10.2 Å². The number of nitrogens with one attached hydrogen (secondary N) is 3. The third-order valence-electron chi connectivity index (χ3n) is 4.34. The van der Waals surface area contributed by atoms with Crippen LogP contribution in [0.5, 0.6) is 17.2 Å². The minimum atomic E-state index is -0.323. The SMILES string of the molecule is COc1ccccc1NC(=O)COc1ccc(/C=N\NC(=S)Nc2ccccc2)cc1OC. The number of carbonyl (C=O) groups is 1. The summed E-state index contributed by atoms with van der Waals surface area (Å²) in [6.45, 7) is -0.192. The van der Waals surface area contributed by atoms with E-state index in [9.17, 15) is 4.79 Å². The maximum atomic E-state index is 12.3. The number of hydrogen-bond donors (Lipinski definition) is 3. The smallest absolute Gasteiger partial charge is 0.262 e. The highest BCUT2D eigenvalue weighted by molar-refractivity contribution is 7.80. The minimum absolute atomic E-state index is 0.192. The molecule has 170 valence electrons. The van der Waals surface area contributed by atoms with Gasteiger partial charge in [-0.2, -0.15) is 5.10 Å². The number of thiocarbonyl (C=S) groups is 1. The van der Waals surface area contributed by atoms with E-state index in [1.807, 2.05) is 42.5 Å². The Labute approximate surface area is 197 Å². The lowest BCUT2D eigenvalue weighted by Gasteiger charge is -2.13. The first-order valence-corrected chi connectivity index (χ1v) is 10.4. The van der Waals surface area contributed by atoms with Crippen molar-refractivity contribution < 1.29 is 19.0 Å². The van der Waals surface area contributed by atoms with Gasteiger partial charge in [0.25, 0.3) is 5.91 Å². The summed E-state index contributed by atoms with van der Waals surface area (Å²) in [6, 6.07) is 21.9. The van der Waals surface area contributed by atoms with E-state index >= 15 is 0 Å². The largest absolute Gasteiger partial charge is 0.495 e. The number of para-hydroxylation sites is 3. The van der Waals surface area contributed by atoms with E-state index in [2.05, 4.69) is 21.2 Å². The van der Waals surface area contributed by atoms with Crippen LogP contribution in [0.2, 0.25) is 0 Å². The van der Waals surface area contributed by atoms with Gasteiger partial charge >= 0.3 is 0 Å². The molecule has 3 N–H and O–H groups in total. The summed E-state index contributed by atoms with van der Waals surface area (Å²) >= 11 is 5.22. The van der Waals surface area contributed by atoms with Crippen LogP contribution >= 0.6 is 12.2 Å². The fourth-order valence-corrected chi connectivity index (χ4v) is 2.98. The summed E-state index contributed by atoms with van der Waals surface area (Å²) < 4.78 is 16.2. The lowest BCUT2D eigenvalue weighted by Crippen LogP contribution is -2.23. The molecule has 0 saturated heterocycles. The highest BCUT2D eigenvalue weighted by Crippen LogP contribution is 2.28. The summed E-state index contributed by atoms with van der Waals surface area (Å²) in [5.41, 5.74) is 4.95. The van der Waals surface area contributed by atoms with Crippen molar-refractivity contribution in [2.45, 2.75) is 0 Å². The van der Waals surface area contributed by atoms with Crippen LogP contribution in [0.15, 0.2) is 77.9 Å². The van der Waals surface area contributed by atoms with E-state index in [1.54, 1.807) is 43.7 Å². The number of methoxy groups -OCH3 is 2. The summed E-state index contributed by atoms with van der Waals surface area (Å²) in [4.78, 5) is 12.3. The van der Waals surface area contributed by atoms with E-state index in [0.717, 1.165) is 11.3 Å². The molecule has 0 saturated carbocycles. The Balaban J connectivity index is 1.54. The van der Waals surface area contributed by atoms with E-state index in [-0.39, 0.29) is 12.5 Å². The third kappa shape index (κ3) is 7.22. The van der Waals surface area contributed by atoms with Crippen LogP contribution in [-0.2, 0) is 4.79 Å². The van der Waals surface area contributed by atoms with Crippen molar-refractivity contribution in [3.05, 3.63) is 78.4 Å². The Morgan fingerprint density at radius 3 is 2.39 bits per heavy atom. The van der Waals surface area contributed by atoms with Crippen LogP contribution in [0.25, 0.3) is 0 Å². The van der Waals surface area contributed by atoms with Crippen molar-refractivity contribution in [1.29, 1.82) is 0 Å². The standard InChI is InChI=1S/C24H24N4O4S/c1-30-20-11-7-6-10-19(20)27-23(29)16-32-21-13-12-17(14-22(21)31-2)15-25-28-24(33)26-18-8-4-3-5-9-18/h3-15H,16H2,1-2H3,(H,27,29)(H2,26,28,33)/b25-15-. The van der Waals surface area contributed by atoms with E-state index in [0.29, 0.717) is 28.0 Å². The van der Waals surface area contributed by atoms with Crippen LogP contribution in [-0.4, -0.2) is 38.1 Å². The molecule has 0 spiro atoms. The number of rotatable bonds is 9. The molecule has 3 rings (SSSR count). The molecule has 9 heteroatoms. The number of hydrogen-bond acceptors (Lipinski definition) is 6. The summed E-state index contributed by atoms with van der Waals surface area (Å²) in [5, 5.41) is 10.3. The molecule has 0 fully saturated rings. The fraction of sp³-hybridized carbons (Fsp3) is 0.125. The number of hydrazone groups is 1. The quantitative estimate of drug-likeness (QED) is 0.250. The minimum Gasteiger partial charge on any atom is -0.495 e. The highest BCUT2D eigenvalue weighted by atomic mass is 32.1. The average molecular weight is 465 g/mol. The van der Waals surface area contributed by atoms with Crippen molar-refractivity contribution in [2.75, 3.05) is 31.5 Å². The van der Waals surface area contributed by atoms with Crippen molar-refractivity contribution in [3.63, 3.8) is 0 Å². The zero-order chi connectivity index (χ0) is 23.5. The van der Waals surface area contributed by atoms with Crippen molar-refractivity contribution in [1.82, 2.24) is 5.43 Å². The zero-order valence-corrected chi connectivity index (χ0v) is 19.0. The van der Waals surface area contributed by atoms with Gasteiger partial charge in [-0.05, 0) is 60.2 Å². The van der Waals surface area contributed by atoms with Gasteiger partial charge in [-0.15, -0.1) is 0 Å². The molecule has 0 aliphatic heterocycles. The Hall–Kier alpha value is -4.11. The monoisotopic (exact) mass is 464 g/mol. The van der Waals surface area contributed by atoms with Crippen LogP contribution < -0.4 is 30.3 Å². The van der Waals surface area contributed by atoms with Gasteiger partial charge in [-0.1, -0.05) is 30.3 Å². The Morgan fingerprint density at radius 1 is 0.909 bits per heavy atom. The first kappa shape index (κ1) is 23.6. The van der Waals surface area contributed by atoms with Crippen LogP contribution in [0, 0.1) is 0 Å². The summed E-state index contributed by atoms with van der Waals surface area (Å²) in [6.07, 6.45) is 1.60. The second-order valence-electron chi connectivity index (χ2n) is 6.64. The molecule has 0 aliphatic rings. The van der Waals surface area contributed by atoms with Crippen molar-refractivity contribution in [3.8, 4) is 17.2 Å². The molecule has 1 amide bonds. The molecule has 0 radical (unpaired) electrons. The summed E-state index contributed by atoms with van der Waals surface area (Å²) in [7, 11) is 3.06. The third-order valence-corrected chi connectivity index (χ3v) is 4.53. The maximum absolute atomic E-state index is 12.3. The second kappa shape index (κ2) is 12.1. The van der Waals surface area contributed by atoms with Gasteiger partial charge in [0.15, 0.2) is 23.2 Å². The molecule has 0 bridgehead atoms. The van der Waals surface area contributed by atoms with E-state index in [4.69, 9.17) is 26.4 Å². The van der Waals surface area contributed by atoms with Crippen LogP contribution in [0.4, 0.5) is 11.4 Å². The molecular formula is C24H24N4O4S. The van der Waals surface area contributed by atoms with Crippen LogP contribution in [0.3, 0.4) is 0 Å². The molecule has 3 aromatic carbocycles. The van der Waals surface area contributed by atoms with Gasteiger partial charge in [-0.25, -0.2) is 0 Å². The number of benzene rings is 3. The first-order chi connectivity index (χ1) is 16.1.